The lowest BCUT2D eigenvalue weighted by molar-refractivity contribution is -0.134. The third-order valence-electron chi connectivity index (χ3n) is 6.14. The standard InChI is InChI=1S/C29H32N2O3/c1-21-15-22(2)17-25(16-21)24-12-13-27-26(18-24)19-31(29(27)33)14-8-4-7-11-28(32)30-34-20-23-9-5-3-6-10-23/h3,5-6,9-10,12-13,15-18H,4,7-8,11,14,19-20H2,1-2H3,(H,30,32). The lowest BCUT2D eigenvalue weighted by Crippen LogP contribution is -2.25. The van der Waals surface area contributed by atoms with Crippen LogP contribution in [0.25, 0.3) is 11.1 Å². The Kier molecular flexibility index (Phi) is 7.76. The van der Waals surface area contributed by atoms with E-state index in [0.717, 1.165) is 41.5 Å². The summed E-state index contributed by atoms with van der Waals surface area (Å²) in [4.78, 5) is 31.9. The number of hydroxylamine groups is 1. The summed E-state index contributed by atoms with van der Waals surface area (Å²) in [7, 11) is 0. The molecule has 2 amide bonds. The highest BCUT2D eigenvalue weighted by atomic mass is 16.6. The van der Waals surface area contributed by atoms with Crippen LogP contribution in [-0.4, -0.2) is 23.3 Å². The van der Waals surface area contributed by atoms with E-state index in [1.807, 2.05) is 47.4 Å². The highest BCUT2D eigenvalue weighted by molar-refractivity contribution is 5.99. The van der Waals surface area contributed by atoms with Gasteiger partial charge in [0.1, 0.15) is 0 Å². The molecule has 3 aromatic carbocycles. The van der Waals surface area contributed by atoms with Gasteiger partial charge in [0.05, 0.1) is 6.61 Å². The molecule has 0 spiro atoms. The predicted molar refractivity (Wildman–Crippen MR) is 134 cm³/mol. The number of amides is 2. The Morgan fingerprint density at radius 3 is 2.44 bits per heavy atom. The van der Waals surface area contributed by atoms with Crippen LogP contribution in [0.15, 0.2) is 66.7 Å². The first-order chi connectivity index (χ1) is 16.5. The number of rotatable bonds is 10. The molecule has 4 rings (SSSR count). The summed E-state index contributed by atoms with van der Waals surface area (Å²) in [5.74, 6) is -0.00599. The molecule has 176 valence electrons. The van der Waals surface area contributed by atoms with Crippen LogP contribution in [-0.2, 0) is 22.8 Å². The number of unbranched alkanes of at least 4 members (excludes halogenated alkanes) is 2. The predicted octanol–water partition coefficient (Wildman–Crippen LogP) is 5.73. The molecule has 34 heavy (non-hydrogen) atoms. The summed E-state index contributed by atoms with van der Waals surface area (Å²) >= 11 is 0. The normalized spacial score (nSPS) is 12.6. The fourth-order valence-electron chi connectivity index (χ4n) is 4.47. The number of nitrogens with zero attached hydrogens (tertiary/aromatic N) is 1. The molecule has 0 radical (unpaired) electrons. The zero-order valence-corrected chi connectivity index (χ0v) is 20.0. The molecule has 0 aliphatic carbocycles. The Balaban J connectivity index is 1.19. The maximum atomic E-state index is 12.8. The molecule has 0 unspecified atom stereocenters. The lowest BCUT2D eigenvalue weighted by Gasteiger charge is -2.15. The van der Waals surface area contributed by atoms with Crippen LogP contribution in [0, 0.1) is 13.8 Å². The summed E-state index contributed by atoms with van der Waals surface area (Å²) in [6.45, 7) is 5.93. The molecular formula is C29H32N2O3. The van der Waals surface area contributed by atoms with Crippen LogP contribution in [0.5, 0.6) is 0 Å². The minimum Gasteiger partial charge on any atom is -0.334 e. The maximum absolute atomic E-state index is 12.8. The van der Waals surface area contributed by atoms with Gasteiger partial charge in [0.2, 0.25) is 5.91 Å². The number of aryl methyl sites for hydroxylation is 2. The highest BCUT2D eigenvalue weighted by Crippen LogP contribution is 2.29. The average molecular weight is 457 g/mol. The SMILES string of the molecule is Cc1cc(C)cc(-c2ccc3c(c2)CN(CCCCCC(=O)NOCc2ccccc2)C3=O)c1. The van der Waals surface area contributed by atoms with Gasteiger partial charge in [-0.1, -0.05) is 72.1 Å². The van der Waals surface area contributed by atoms with Crippen molar-refractivity contribution in [2.24, 2.45) is 0 Å². The van der Waals surface area contributed by atoms with Gasteiger partial charge in [-0.25, -0.2) is 5.48 Å². The van der Waals surface area contributed by atoms with Crippen molar-refractivity contribution in [2.45, 2.75) is 52.7 Å². The Morgan fingerprint density at radius 1 is 0.912 bits per heavy atom. The van der Waals surface area contributed by atoms with E-state index in [1.54, 1.807) is 0 Å². The van der Waals surface area contributed by atoms with Gasteiger partial charge in [-0.05, 0) is 61.1 Å². The summed E-state index contributed by atoms with van der Waals surface area (Å²) in [5, 5.41) is 0. The molecule has 5 heteroatoms. The van der Waals surface area contributed by atoms with Crippen molar-refractivity contribution in [3.05, 3.63) is 94.5 Å². The summed E-state index contributed by atoms with van der Waals surface area (Å²) < 4.78 is 0. The number of carbonyl (C=O) groups is 2. The number of hydrogen-bond acceptors (Lipinski definition) is 3. The van der Waals surface area contributed by atoms with E-state index in [4.69, 9.17) is 4.84 Å². The second-order valence-electron chi connectivity index (χ2n) is 9.09. The molecule has 3 aromatic rings. The van der Waals surface area contributed by atoms with Gasteiger partial charge in [-0.15, -0.1) is 0 Å². The Morgan fingerprint density at radius 2 is 1.68 bits per heavy atom. The van der Waals surface area contributed by atoms with E-state index in [9.17, 15) is 9.59 Å². The zero-order chi connectivity index (χ0) is 23.9. The minimum absolute atomic E-state index is 0.106. The van der Waals surface area contributed by atoms with Crippen molar-refractivity contribution in [1.29, 1.82) is 0 Å². The van der Waals surface area contributed by atoms with Crippen LogP contribution < -0.4 is 5.48 Å². The van der Waals surface area contributed by atoms with Gasteiger partial charge in [0.25, 0.3) is 5.91 Å². The smallest absolute Gasteiger partial charge is 0.254 e. The van der Waals surface area contributed by atoms with E-state index in [0.29, 0.717) is 26.1 Å². The van der Waals surface area contributed by atoms with E-state index >= 15 is 0 Å². The molecule has 1 heterocycles. The monoisotopic (exact) mass is 456 g/mol. The third kappa shape index (κ3) is 6.12. The zero-order valence-electron chi connectivity index (χ0n) is 20.0. The van der Waals surface area contributed by atoms with Gasteiger partial charge in [-0.3, -0.25) is 14.4 Å². The van der Waals surface area contributed by atoms with Crippen molar-refractivity contribution >= 4 is 11.8 Å². The van der Waals surface area contributed by atoms with Gasteiger partial charge >= 0.3 is 0 Å². The van der Waals surface area contributed by atoms with Crippen LogP contribution in [0.3, 0.4) is 0 Å². The van der Waals surface area contributed by atoms with Crippen LogP contribution in [0.1, 0.15) is 58.3 Å². The molecule has 0 atom stereocenters. The van der Waals surface area contributed by atoms with Gasteiger partial charge < -0.3 is 4.90 Å². The number of nitrogens with one attached hydrogen (secondary N) is 1. The second kappa shape index (κ2) is 11.1. The largest absolute Gasteiger partial charge is 0.334 e. The third-order valence-corrected chi connectivity index (χ3v) is 6.14. The van der Waals surface area contributed by atoms with Gasteiger partial charge in [0, 0.05) is 25.1 Å². The molecule has 0 bridgehead atoms. The first kappa shape index (κ1) is 23.7. The molecule has 0 saturated heterocycles. The lowest BCUT2D eigenvalue weighted by atomic mass is 9.97. The summed E-state index contributed by atoms with van der Waals surface area (Å²) in [6, 6.07) is 22.4. The first-order valence-corrected chi connectivity index (χ1v) is 11.9. The van der Waals surface area contributed by atoms with Crippen molar-refractivity contribution in [3.8, 4) is 11.1 Å². The second-order valence-corrected chi connectivity index (χ2v) is 9.09. The van der Waals surface area contributed by atoms with Crippen molar-refractivity contribution < 1.29 is 14.4 Å². The molecule has 0 fully saturated rings. The molecule has 0 aromatic heterocycles. The van der Waals surface area contributed by atoms with Crippen LogP contribution >= 0.6 is 0 Å². The molecule has 5 nitrogen and oxygen atoms in total. The molecule has 1 N–H and O–H groups in total. The van der Waals surface area contributed by atoms with E-state index in [2.05, 4.69) is 43.6 Å². The summed E-state index contributed by atoms with van der Waals surface area (Å²) in [6.07, 6.45) is 2.95. The highest BCUT2D eigenvalue weighted by Gasteiger charge is 2.27. The van der Waals surface area contributed by atoms with Crippen molar-refractivity contribution in [3.63, 3.8) is 0 Å². The van der Waals surface area contributed by atoms with Crippen LogP contribution in [0.2, 0.25) is 0 Å². The molecule has 0 saturated carbocycles. The molecule has 1 aliphatic heterocycles. The molecule has 1 aliphatic rings. The van der Waals surface area contributed by atoms with E-state index in [-0.39, 0.29) is 11.8 Å². The fraction of sp³-hybridized carbons (Fsp3) is 0.310. The minimum atomic E-state index is -0.112. The van der Waals surface area contributed by atoms with Crippen LogP contribution in [0.4, 0.5) is 0 Å². The summed E-state index contributed by atoms with van der Waals surface area (Å²) in [5.41, 5.74) is 10.2. The van der Waals surface area contributed by atoms with E-state index < -0.39 is 0 Å². The first-order valence-electron chi connectivity index (χ1n) is 11.9. The maximum Gasteiger partial charge on any atom is 0.254 e. The number of benzene rings is 3. The molecular weight excluding hydrogens is 424 g/mol. The Labute approximate surface area is 201 Å². The average Bonchev–Trinajstić information content (AvgIpc) is 3.13. The van der Waals surface area contributed by atoms with Crippen molar-refractivity contribution in [1.82, 2.24) is 10.4 Å². The topological polar surface area (TPSA) is 58.6 Å². The van der Waals surface area contributed by atoms with E-state index in [1.165, 1.54) is 16.7 Å². The Bertz CT molecular complexity index is 1140. The van der Waals surface area contributed by atoms with Gasteiger partial charge in [-0.2, -0.15) is 0 Å². The van der Waals surface area contributed by atoms with Crippen molar-refractivity contribution in [2.75, 3.05) is 6.54 Å². The van der Waals surface area contributed by atoms with Gasteiger partial charge in [0.15, 0.2) is 0 Å². The number of fused-ring (bicyclic) bond motifs is 1. The fourth-order valence-corrected chi connectivity index (χ4v) is 4.47. The quantitative estimate of drug-likeness (QED) is 0.313. The number of carbonyl (C=O) groups excluding carboxylic acids is 2. The Hall–Kier alpha value is -3.44. The number of hydrogen-bond donors (Lipinski definition) is 1.